The highest BCUT2D eigenvalue weighted by molar-refractivity contribution is 5.93. The molecule has 1 heterocycles. The normalized spacial score (nSPS) is 10.3. The van der Waals surface area contributed by atoms with Gasteiger partial charge in [-0.2, -0.15) is 0 Å². The molecular weight excluding hydrogens is 278 g/mol. The summed E-state index contributed by atoms with van der Waals surface area (Å²) in [6.45, 7) is 1.37. The molecule has 0 bridgehead atoms. The lowest BCUT2D eigenvalue weighted by Gasteiger charge is -2.19. The molecule has 116 valence electrons. The minimum absolute atomic E-state index is 0.182. The average molecular weight is 299 g/mol. The Bertz CT molecular complexity index is 680. The molecule has 1 N–H and O–H groups in total. The summed E-state index contributed by atoms with van der Waals surface area (Å²) in [5.74, 6) is -0.316. The summed E-state index contributed by atoms with van der Waals surface area (Å²) in [5, 5.41) is 2.79. The quantitative estimate of drug-likeness (QED) is 0.825. The Kier molecular flexibility index (Phi) is 5.36. The molecular formula is C17H21N3O2. The second-order valence-corrected chi connectivity index (χ2v) is 5.20. The van der Waals surface area contributed by atoms with Crippen LogP contribution in [-0.2, 0) is 7.05 Å². The molecule has 0 atom stereocenters. The number of anilines is 1. The van der Waals surface area contributed by atoms with Crippen molar-refractivity contribution in [3.8, 4) is 0 Å². The summed E-state index contributed by atoms with van der Waals surface area (Å²) in [7, 11) is 3.65. The van der Waals surface area contributed by atoms with E-state index in [1.165, 1.54) is 4.57 Å². The smallest absolute Gasteiger partial charge is 0.263 e. The number of rotatable bonds is 6. The average Bonchev–Trinajstić information content (AvgIpc) is 2.54. The van der Waals surface area contributed by atoms with E-state index in [0.29, 0.717) is 6.54 Å². The lowest BCUT2D eigenvalue weighted by atomic mass is 10.2. The van der Waals surface area contributed by atoms with Gasteiger partial charge in [-0.15, -0.1) is 0 Å². The number of carbonyl (C=O) groups excluding carboxylic acids is 1. The molecule has 1 aromatic heterocycles. The monoisotopic (exact) mass is 299 g/mol. The molecule has 0 aliphatic heterocycles. The minimum Gasteiger partial charge on any atom is -0.375 e. The van der Waals surface area contributed by atoms with E-state index in [4.69, 9.17) is 0 Å². The molecule has 1 amide bonds. The van der Waals surface area contributed by atoms with E-state index in [1.807, 2.05) is 37.4 Å². The fourth-order valence-corrected chi connectivity index (χ4v) is 2.20. The first-order chi connectivity index (χ1) is 10.6. The molecule has 0 aliphatic carbocycles. The Labute approximate surface area is 130 Å². The van der Waals surface area contributed by atoms with Gasteiger partial charge in [-0.05, 0) is 30.7 Å². The van der Waals surface area contributed by atoms with E-state index >= 15 is 0 Å². The maximum atomic E-state index is 12.0. The second-order valence-electron chi connectivity index (χ2n) is 5.20. The van der Waals surface area contributed by atoms with Crippen molar-refractivity contribution in [2.45, 2.75) is 6.42 Å². The number of aryl methyl sites for hydroxylation is 1. The van der Waals surface area contributed by atoms with Crippen molar-refractivity contribution in [1.82, 2.24) is 9.88 Å². The Balaban J connectivity index is 1.80. The molecule has 0 unspecified atom stereocenters. The van der Waals surface area contributed by atoms with Crippen molar-refractivity contribution in [2.24, 2.45) is 7.05 Å². The van der Waals surface area contributed by atoms with Crippen molar-refractivity contribution >= 4 is 11.6 Å². The van der Waals surface area contributed by atoms with Gasteiger partial charge in [0.15, 0.2) is 0 Å². The number of carbonyl (C=O) groups is 1. The number of nitrogens with one attached hydrogen (secondary N) is 1. The number of hydrogen-bond acceptors (Lipinski definition) is 3. The van der Waals surface area contributed by atoms with Gasteiger partial charge in [0.25, 0.3) is 11.5 Å². The first kappa shape index (κ1) is 15.8. The van der Waals surface area contributed by atoms with Crippen LogP contribution in [0.15, 0.2) is 53.5 Å². The Morgan fingerprint density at radius 3 is 2.64 bits per heavy atom. The number of para-hydroxylation sites is 1. The number of amides is 1. The zero-order chi connectivity index (χ0) is 15.9. The van der Waals surface area contributed by atoms with E-state index in [0.717, 1.165) is 18.7 Å². The van der Waals surface area contributed by atoms with Crippen LogP contribution in [0, 0.1) is 0 Å². The van der Waals surface area contributed by atoms with Crippen molar-refractivity contribution in [3.05, 3.63) is 64.6 Å². The van der Waals surface area contributed by atoms with Gasteiger partial charge < -0.3 is 14.8 Å². The number of pyridine rings is 1. The third-order valence-corrected chi connectivity index (χ3v) is 3.52. The van der Waals surface area contributed by atoms with Gasteiger partial charge in [0.2, 0.25) is 0 Å². The summed E-state index contributed by atoms with van der Waals surface area (Å²) in [4.78, 5) is 26.0. The van der Waals surface area contributed by atoms with Crippen LogP contribution in [-0.4, -0.2) is 30.6 Å². The Morgan fingerprint density at radius 2 is 1.91 bits per heavy atom. The zero-order valence-electron chi connectivity index (χ0n) is 13.0. The van der Waals surface area contributed by atoms with Gasteiger partial charge >= 0.3 is 0 Å². The van der Waals surface area contributed by atoms with E-state index in [2.05, 4.69) is 10.2 Å². The van der Waals surface area contributed by atoms with Gasteiger partial charge in [0.05, 0.1) is 0 Å². The SMILES string of the molecule is CN(CCCNC(=O)c1cccn(C)c1=O)c1ccccc1. The fraction of sp³-hybridized carbons (Fsp3) is 0.294. The van der Waals surface area contributed by atoms with E-state index in [1.54, 1.807) is 25.4 Å². The topological polar surface area (TPSA) is 54.3 Å². The fourth-order valence-electron chi connectivity index (χ4n) is 2.20. The zero-order valence-corrected chi connectivity index (χ0v) is 13.0. The van der Waals surface area contributed by atoms with Crippen molar-refractivity contribution < 1.29 is 4.79 Å². The van der Waals surface area contributed by atoms with Crippen molar-refractivity contribution in [2.75, 3.05) is 25.0 Å². The van der Waals surface area contributed by atoms with E-state index in [9.17, 15) is 9.59 Å². The third-order valence-electron chi connectivity index (χ3n) is 3.52. The van der Waals surface area contributed by atoms with Gasteiger partial charge in [0.1, 0.15) is 5.56 Å². The minimum atomic E-state index is -0.316. The Hall–Kier alpha value is -2.56. The lowest BCUT2D eigenvalue weighted by Crippen LogP contribution is -2.33. The van der Waals surface area contributed by atoms with Crippen LogP contribution in [0.3, 0.4) is 0 Å². The molecule has 0 spiro atoms. The standard InChI is InChI=1S/C17H21N3O2/c1-19(14-8-4-3-5-9-14)13-7-11-18-16(21)15-10-6-12-20(2)17(15)22/h3-6,8-10,12H,7,11,13H2,1-2H3,(H,18,21). The lowest BCUT2D eigenvalue weighted by molar-refractivity contribution is 0.0951. The second kappa shape index (κ2) is 7.45. The largest absolute Gasteiger partial charge is 0.375 e. The predicted molar refractivity (Wildman–Crippen MR) is 88.3 cm³/mol. The van der Waals surface area contributed by atoms with Gasteiger partial charge in [0, 0.05) is 39.1 Å². The number of aromatic nitrogens is 1. The molecule has 5 nitrogen and oxygen atoms in total. The molecule has 0 fully saturated rings. The van der Waals surface area contributed by atoms with Crippen LogP contribution in [0.4, 0.5) is 5.69 Å². The number of hydrogen-bond donors (Lipinski definition) is 1. The molecule has 2 rings (SSSR count). The molecule has 0 aliphatic rings. The summed E-state index contributed by atoms with van der Waals surface area (Å²) < 4.78 is 1.40. The van der Waals surface area contributed by atoms with E-state index < -0.39 is 0 Å². The highest BCUT2D eigenvalue weighted by Crippen LogP contribution is 2.10. The summed E-state index contributed by atoms with van der Waals surface area (Å²) in [6.07, 6.45) is 2.44. The van der Waals surface area contributed by atoms with Crippen molar-refractivity contribution in [3.63, 3.8) is 0 Å². The highest BCUT2D eigenvalue weighted by atomic mass is 16.2. The predicted octanol–water partition coefficient (Wildman–Crippen LogP) is 1.64. The maximum Gasteiger partial charge on any atom is 0.263 e. The first-order valence-electron chi connectivity index (χ1n) is 7.29. The molecule has 1 aromatic carbocycles. The van der Waals surface area contributed by atoms with E-state index in [-0.39, 0.29) is 17.0 Å². The van der Waals surface area contributed by atoms with Crippen LogP contribution in [0.1, 0.15) is 16.8 Å². The summed E-state index contributed by atoms with van der Waals surface area (Å²) >= 11 is 0. The molecule has 0 saturated heterocycles. The maximum absolute atomic E-state index is 12.0. The highest BCUT2D eigenvalue weighted by Gasteiger charge is 2.10. The third kappa shape index (κ3) is 3.97. The van der Waals surface area contributed by atoms with Gasteiger partial charge in [-0.1, -0.05) is 18.2 Å². The molecule has 2 aromatic rings. The van der Waals surface area contributed by atoms with Crippen LogP contribution in [0.2, 0.25) is 0 Å². The van der Waals surface area contributed by atoms with Crippen LogP contribution < -0.4 is 15.8 Å². The van der Waals surface area contributed by atoms with Crippen LogP contribution >= 0.6 is 0 Å². The van der Waals surface area contributed by atoms with Gasteiger partial charge in [-0.25, -0.2) is 0 Å². The first-order valence-corrected chi connectivity index (χ1v) is 7.29. The number of nitrogens with zero attached hydrogens (tertiary/aromatic N) is 2. The molecule has 0 saturated carbocycles. The molecule has 0 radical (unpaired) electrons. The van der Waals surface area contributed by atoms with Crippen LogP contribution in [0.25, 0.3) is 0 Å². The summed E-state index contributed by atoms with van der Waals surface area (Å²) in [5.41, 5.74) is 1.05. The van der Waals surface area contributed by atoms with Crippen molar-refractivity contribution in [1.29, 1.82) is 0 Å². The van der Waals surface area contributed by atoms with Gasteiger partial charge in [-0.3, -0.25) is 9.59 Å². The Morgan fingerprint density at radius 1 is 1.18 bits per heavy atom. The van der Waals surface area contributed by atoms with Crippen LogP contribution in [0.5, 0.6) is 0 Å². The molecule has 5 heteroatoms. The number of benzene rings is 1. The molecule has 22 heavy (non-hydrogen) atoms. The summed E-state index contributed by atoms with van der Waals surface area (Å²) in [6, 6.07) is 13.3.